The zero-order valence-corrected chi connectivity index (χ0v) is 10.8. The largest absolute Gasteiger partial charge is 0.0945 e. The second-order valence-electron chi connectivity index (χ2n) is 5.14. The van der Waals surface area contributed by atoms with Gasteiger partial charge in [0.2, 0.25) is 0 Å². The minimum absolute atomic E-state index is 0.642. The van der Waals surface area contributed by atoms with Gasteiger partial charge < -0.3 is 0 Å². The summed E-state index contributed by atoms with van der Waals surface area (Å²) in [4.78, 5) is 0. The van der Waals surface area contributed by atoms with Crippen molar-refractivity contribution < 1.29 is 0 Å². The molecule has 0 bridgehead atoms. The summed E-state index contributed by atoms with van der Waals surface area (Å²) in [5.41, 5.74) is 1.16. The van der Waals surface area contributed by atoms with Crippen LogP contribution in [0.5, 0.6) is 0 Å². The van der Waals surface area contributed by atoms with Crippen molar-refractivity contribution >= 4 is 0 Å². The molecule has 0 amide bonds. The van der Waals surface area contributed by atoms with Crippen molar-refractivity contribution in [1.82, 2.24) is 0 Å². The van der Waals surface area contributed by atoms with Crippen LogP contribution in [0, 0.1) is 23.7 Å². The third kappa shape index (κ3) is 3.93. The van der Waals surface area contributed by atoms with E-state index in [-0.39, 0.29) is 0 Å². The Morgan fingerprint density at radius 3 is 2.41 bits per heavy atom. The van der Waals surface area contributed by atoms with Crippen LogP contribution in [0.4, 0.5) is 0 Å². The highest BCUT2D eigenvalue weighted by Crippen LogP contribution is 2.31. The Kier molecular flexibility index (Phi) is 4.68. The van der Waals surface area contributed by atoms with Gasteiger partial charge in [0, 0.05) is 11.5 Å². The van der Waals surface area contributed by atoms with Gasteiger partial charge in [-0.15, -0.1) is 0 Å². The lowest BCUT2D eigenvalue weighted by Gasteiger charge is -2.25. The lowest BCUT2D eigenvalue weighted by atomic mass is 9.80. The van der Waals surface area contributed by atoms with E-state index in [0.29, 0.717) is 5.92 Å². The van der Waals surface area contributed by atoms with Crippen LogP contribution in [-0.2, 0) is 0 Å². The Bertz CT molecular complexity index is 371. The van der Waals surface area contributed by atoms with Gasteiger partial charge >= 0.3 is 0 Å². The molecule has 0 aliphatic heterocycles. The van der Waals surface area contributed by atoms with Gasteiger partial charge in [0.15, 0.2) is 0 Å². The molecule has 0 saturated heterocycles. The summed E-state index contributed by atoms with van der Waals surface area (Å²) >= 11 is 0. The van der Waals surface area contributed by atoms with E-state index in [9.17, 15) is 0 Å². The van der Waals surface area contributed by atoms with Gasteiger partial charge in [-0.2, -0.15) is 0 Å². The number of rotatable bonds is 2. The predicted octanol–water partition coefficient (Wildman–Crippen LogP) is 4.64. The lowest BCUT2D eigenvalue weighted by Crippen LogP contribution is -2.13. The highest BCUT2D eigenvalue weighted by Gasteiger charge is 2.18. The van der Waals surface area contributed by atoms with E-state index < -0.39 is 0 Å². The van der Waals surface area contributed by atoms with Gasteiger partial charge in [0.25, 0.3) is 0 Å². The Morgan fingerprint density at radius 1 is 1.06 bits per heavy atom. The molecule has 17 heavy (non-hydrogen) atoms. The van der Waals surface area contributed by atoms with Crippen molar-refractivity contribution in [3.63, 3.8) is 0 Å². The van der Waals surface area contributed by atoms with Gasteiger partial charge in [-0.3, -0.25) is 0 Å². The first-order valence-electron chi connectivity index (χ1n) is 6.95. The quantitative estimate of drug-likeness (QED) is 0.644. The molecule has 1 aromatic rings. The molecule has 2 rings (SSSR count). The molecule has 0 nitrogen and oxygen atoms in total. The van der Waals surface area contributed by atoms with Crippen molar-refractivity contribution in [2.24, 2.45) is 11.8 Å². The molecule has 0 unspecified atom stereocenters. The minimum atomic E-state index is 0.642. The second kappa shape index (κ2) is 6.50. The third-order valence-corrected chi connectivity index (χ3v) is 3.74. The first-order chi connectivity index (χ1) is 8.38. The smallest absolute Gasteiger partial charge is 0.0245 e. The van der Waals surface area contributed by atoms with E-state index >= 15 is 0 Å². The van der Waals surface area contributed by atoms with Crippen LogP contribution in [-0.4, -0.2) is 0 Å². The standard InChI is InChI=1S/C17H22/c1-2-6-15-9-12-17(13-10-15)14-11-16-7-4-3-5-8-16/h3-5,7-8,15,17H,2,6,9-10,12-13H2,1H3. The van der Waals surface area contributed by atoms with Gasteiger partial charge in [0.1, 0.15) is 0 Å². The molecule has 1 aromatic carbocycles. The van der Waals surface area contributed by atoms with E-state index in [2.05, 4.69) is 43.0 Å². The molecule has 1 aliphatic carbocycles. The molecule has 0 spiro atoms. The van der Waals surface area contributed by atoms with Gasteiger partial charge in [-0.1, -0.05) is 49.8 Å². The fourth-order valence-electron chi connectivity index (χ4n) is 2.71. The summed E-state index contributed by atoms with van der Waals surface area (Å²) in [5, 5.41) is 0. The van der Waals surface area contributed by atoms with Gasteiger partial charge in [-0.05, 0) is 43.7 Å². The fraction of sp³-hybridized carbons (Fsp3) is 0.529. The van der Waals surface area contributed by atoms with Crippen LogP contribution in [0.1, 0.15) is 51.0 Å². The van der Waals surface area contributed by atoms with Gasteiger partial charge in [-0.25, -0.2) is 0 Å². The number of benzene rings is 1. The molecule has 1 fully saturated rings. The van der Waals surface area contributed by atoms with Crippen LogP contribution in [0.2, 0.25) is 0 Å². The van der Waals surface area contributed by atoms with E-state index in [4.69, 9.17) is 0 Å². The van der Waals surface area contributed by atoms with Crippen molar-refractivity contribution in [1.29, 1.82) is 0 Å². The molecule has 0 heteroatoms. The molecule has 0 N–H and O–H groups in total. The molecule has 0 aromatic heterocycles. The zero-order valence-electron chi connectivity index (χ0n) is 10.8. The summed E-state index contributed by atoms with van der Waals surface area (Å²) in [6.07, 6.45) is 8.16. The Labute approximate surface area is 105 Å². The maximum atomic E-state index is 3.45. The topological polar surface area (TPSA) is 0 Å². The van der Waals surface area contributed by atoms with E-state index in [1.165, 1.54) is 38.5 Å². The summed E-state index contributed by atoms with van der Waals surface area (Å²) in [6, 6.07) is 10.3. The van der Waals surface area contributed by atoms with Crippen molar-refractivity contribution in [3.8, 4) is 11.8 Å². The summed E-state index contributed by atoms with van der Waals surface area (Å²) < 4.78 is 0. The number of hydrogen-bond acceptors (Lipinski definition) is 0. The molecule has 0 heterocycles. The molecule has 1 saturated carbocycles. The highest BCUT2D eigenvalue weighted by molar-refractivity contribution is 5.34. The average molecular weight is 226 g/mol. The van der Waals surface area contributed by atoms with E-state index in [1.54, 1.807) is 0 Å². The normalized spacial score (nSPS) is 23.8. The first-order valence-corrected chi connectivity index (χ1v) is 6.95. The molecule has 90 valence electrons. The Hall–Kier alpha value is -1.22. The number of hydrogen-bond donors (Lipinski definition) is 0. The maximum Gasteiger partial charge on any atom is 0.0245 e. The maximum absolute atomic E-state index is 3.45. The monoisotopic (exact) mass is 226 g/mol. The summed E-state index contributed by atoms with van der Waals surface area (Å²) in [7, 11) is 0. The van der Waals surface area contributed by atoms with Gasteiger partial charge in [0.05, 0.1) is 0 Å². The van der Waals surface area contributed by atoms with Crippen molar-refractivity contribution in [3.05, 3.63) is 35.9 Å². The molecular formula is C17H22. The van der Waals surface area contributed by atoms with E-state index in [1.807, 2.05) is 6.07 Å². The molecular weight excluding hydrogens is 204 g/mol. The van der Waals surface area contributed by atoms with Crippen molar-refractivity contribution in [2.45, 2.75) is 45.4 Å². The first kappa shape index (κ1) is 12.2. The fourth-order valence-corrected chi connectivity index (χ4v) is 2.71. The van der Waals surface area contributed by atoms with Crippen LogP contribution < -0.4 is 0 Å². The second-order valence-corrected chi connectivity index (χ2v) is 5.14. The predicted molar refractivity (Wildman–Crippen MR) is 73.7 cm³/mol. The summed E-state index contributed by atoms with van der Waals surface area (Å²) in [6.45, 7) is 2.29. The molecule has 1 aliphatic rings. The van der Waals surface area contributed by atoms with Crippen LogP contribution in [0.25, 0.3) is 0 Å². The molecule has 0 radical (unpaired) electrons. The molecule has 0 atom stereocenters. The Balaban J connectivity index is 1.84. The summed E-state index contributed by atoms with van der Waals surface area (Å²) in [5.74, 6) is 8.38. The Morgan fingerprint density at radius 2 is 1.76 bits per heavy atom. The van der Waals surface area contributed by atoms with Crippen molar-refractivity contribution in [2.75, 3.05) is 0 Å². The minimum Gasteiger partial charge on any atom is -0.0945 e. The third-order valence-electron chi connectivity index (χ3n) is 3.74. The van der Waals surface area contributed by atoms with Crippen LogP contribution in [0.15, 0.2) is 30.3 Å². The zero-order chi connectivity index (χ0) is 11.9. The average Bonchev–Trinajstić information content (AvgIpc) is 2.40. The highest BCUT2D eigenvalue weighted by atomic mass is 14.2. The van der Waals surface area contributed by atoms with Crippen LogP contribution in [0.3, 0.4) is 0 Å². The van der Waals surface area contributed by atoms with E-state index in [0.717, 1.165) is 11.5 Å². The SMILES string of the molecule is CCCC1CCC(C#Cc2ccccc2)CC1. The lowest BCUT2D eigenvalue weighted by molar-refractivity contribution is 0.300. The van der Waals surface area contributed by atoms with Crippen LogP contribution >= 0.6 is 0 Å².